The van der Waals surface area contributed by atoms with Crippen molar-refractivity contribution in [2.45, 2.75) is 49.9 Å². The molecule has 0 saturated heterocycles. The number of aryl methyl sites for hydroxylation is 2. The summed E-state index contributed by atoms with van der Waals surface area (Å²) in [6.45, 7) is 8.42. The highest BCUT2D eigenvalue weighted by atomic mass is 32.2. The van der Waals surface area contributed by atoms with Crippen LogP contribution in [0.15, 0.2) is 34.1 Å². The number of ether oxygens (including phenoxy) is 1. The van der Waals surface area contributed by atoms with Crippen LogP contribution >= 0.6 is 11.8 Å². The van der Waals surface area contributed by atoms with E-state index in [1.165, 1.54) is 11.6 Å². The molecule has 0 saturated carbocycles. The van der Waals surface area contributed by atoms with Gasteiger partial charge in [0.05, 0.1) is 26.6 Å². The predicted octanol–water partition coefficient (Wildman–Crippen LogP) is 6.32. The van der Waals surface area contributed by atoms with E-state index >= 15 is 0 Å². The van der Waals surface area contributed by atoms with E-state index in [2.05, 4.69) is 5.10 Å². The van der Waals surface area contributed by atoms with Gasteiger partial charge < -0.3 is 4.74 Å². The summed E-state index contributed by atoms with van der Waals surface area (Å²) in [5.74, 6) is -11.3. The Hall–Kier alpha value is -2.88. The quantitative estimate of drug-likeness (QED) is 0.194. The maximum absolute atomic E-state index is 14.3. The van der Waals surface area contributed by atoms with Crippen LogP contribution in [0.5, 0.6) is 5.88 Å². The molecular formula is C22H19F5N2O2S. The van der Waals surface area contributed by atoms with Crippen molar-refractivity contribution < 1.29 is 31.5 Å². The minimum Gasteiger partial charge on any atom is -0.403 e. The van der Waals surface area contributed by atoms with E-state index in [4.69, 9.17) is 4.74 Å². The summed E-state index contributed by atoms with van der Waals surface area (Å²) >= 11 is 0.252. The van der Waals surface area contributed by atoms with Crippen LogP contribution in [0.1, 0.15) is 42.4 Å². The van der Waals surface area contributed by atoms with Gasteiger partial charge in [-0.1, -0.05) is 30.0 Å². The van der Waals surface area contributed by atoms with Crippen LogP contribution in [0, 0.1) is 42.9 Å². The van der Waals surface area contributed by atoms with E-state index in [9.17, 15) is 26.7 Å². The number of benzene rings is 2. The molecule has 0 fully saturated rings. The third-order valence-electron chi connectivity index (χ3n) is 4.53. The summed E-state index contributed by atoms with van der Waals surface area (Å²) in [5, 5.41) is 4.28. The normalized spacial score (nSPS) is 11.7. The van der Waals surface area contributed by atoms with Crippen molar-refractivity contribution in [2.24, 2.45) is 0 Å². The molecule has 2 aromatic carbocycles. The van der Waals surface area contributed by atoms with E-state index in [0.29, 0.717) is 5.56 Å². The summed E-state index contributed by atoms with van der Waals surface area (Å²) in [7, 11) is 0. The molecule has 1 heterocycles. The lowest BCUT2D eigenvalue weighted by Gasteiger charge is -2.22. The van der Waals surface area contributed by atoms with Gasteiger partial charge in [0.15, 0.2) is 23.3 Å². The molecule has 3 rings (SSSR count). The van der Waals surface area contributed by atoms with Crippen molar-refractivity contribution in [1.29, 1.82) is 0 Å². The minimum atomic E-state index is -2.25. The Balaban J connectivity index is 2.15. The molecule has 0 N–H and O–H groups in total. The van der Waals surface area contributed by atoms with Gasteiger partial charge in [0.25, 0.3) is 0 Å². The van der Waals surface area contributed by atoms with Crippen LogP contribution in [0.25, 0.3) is 0 Å². The second-order valence-electron chi connectivity index (χ2n) is 8.01. The second kappa shape index (κ2) is 8.57. The first-order valence-corrected chi connectivity index (χ1v) is 10.2. The molecule has 4 nitrogen and oxygen atoms in total. The van der Waals surface area contributed by atoms with Crippen molar-refractivity contribution >= 4 is 17.7 Å². The van der Waals surface area contributed by atoms with Gasteiger partial charge >= 0.3 is 5.97 Å². The molecule has 0 atom stereocenters. The van der Waals surface area contributed by atoms with E-state index < -0.39 is 45.5 Å². The number of carbonyl (C=O) groups is 1. The lowest BCUT2D eigenvalue weighted by atomic mass is 10.1. The van der Waals surface area contributed by atoms with Gasteiger partial charge in [0.2, 0.25) is 11.7 Å². The monoisotopic (exact) mass is 470 g/mol. The average molecular weight is 470 g/mol. The van der Waals surface area contributed by atoms with E-state index in [-0.39, 0.29) is 33.8 Å². The van der Waals surface area contributed by atoms with E-state index in [1.807, 2.05) is 0 Å². The van der Waals surface area contributed by atoms with Gasteiger partial charge in [-0.25, -0.2) is 31.4 Å². The SMILES string of the molecule is Cc1ccccc1C(=O)Oc1c(Sc2c(F)c(F)c(F)c(F)c2F)c(C)nn1C(C)(C)C. The largest absolute Gasteiger partial charge is 0.403 e. The van der Waals surface area contributed by atoms with Gasteiger partial charge in [-0.3, -0.25) is 0 Å². The third-order valence-corrected chi connectivity index (χ3v) is 5.77. The highest BCUT2D eigenvalue weighted by Crippen LogP contribution is 2.43. The number of aromatic nitrogens is 2. The topological polar surface area (TPSA) is 44.1 Å². The zero-order chi connectivity index (χ0) is 24.0. The van der Waals surface area contributed by atoms with E-state index in [0.717, 1.165) is 0 Å². The highest BCUT2D eigenvalue weighted by Gasteiger charge is 2.32. The second-order valence-corrected chi connectivity index (χ2v) is 9.03. The van der Waals surface area contributed by atoms with Crippen LogP contribution in [0.2, 0.25) is 0 Å². The zero-order valence-electron chi connectivity index (χ0n) is 17.8. The van der Waals surface area contributed by atoms with Gasteiger partial charge in [-0.2, -0.15) is 5.10 Å². The first-order chi connectivity index (χ1) is 14.8. The van der Waals surface area contributed by atoms with Gasteiger partial charge in [0, 0.05) is 0 Å². The van der Waals surface area contributed by atoms with Gasteiger partial charge in [0.1, 0.15) is 0 Å². The Kier molecular flexibility index (Phi) is 6.37. The molecule has 170 valence electrons. The molecule has 1 aromatic heterocycles. The number of hydrogen-bond donors (Lipinski definition) is 0. The predicted molar refractivity (Wildman–Crippen MR) is 108 cm³/mol. The Bertz CT molecular complexity index is 1190. The number of rotatable bonds is 4. The molecule has 0 bridgehead atoms. The van der Waals surface area contributed by atoms with Crippen LogP contribution < -0.4 is 4.74 Å². The molecule has 10 heteroatoms. The molecular weight excluding hydrogens is 451 g/mol. The maximum Gasteiger partial charge on any atom is 0.345 e. The first kappa shape index (κ1) is 23.8. The Labute approximate surface area is 185 Å². The molecule has 32 heavy (non-hydrogen) atoms. The van der Waals surface area contributed by atoms with Crippen LogP contribution in [-0.2, 0) is 5.54 Å². The maximum atomic E-state index is 14.3. The van der Waals surface area contributed by atoms with Gasteiger partial charge in [-0.15, -0.1) is 0 Å². The number of nitrogens with zero attached hydrogens (tertiary/aromatic N) is 2. The summed E-state index contributed by atoms with van der Waals surface area (Å²) in [5.41, 5.74) is 0.326. The molecule has 0 aliphatic heterocycles. The summed E-state index contributed by atoms with van der Waals surface area (Å²) in [6.07, 6.45) is 0. The molecule has 0 spiro atoms. The lowest BCUT2D eigenvalue weighted by molar-refractivity contribution is 0.0703. The molecule has 3 aromatic rings. The minimum absolute atomic E-state index is 0.0509. The third kappa shape index (κ3) is 4.23. The number of esters is 1. The van der Waals surface area contributed by atoms with Crippen molar-refractivity contribution in [3.63, 3.8) is 0 Å². The Morgan fingerprint density at radius 3 is 1.97 bits per heavy atom. The van der Waals surface area contributed by atoms with Crippen molar-refractivity contribution in [2.75, 3.05) is 0 Å². The number of hydrogen-bond acceptors (Lipinski definition) is 4. The first-order valence-electron chi connectivity index (χ1n) is 9.41. The van der Waals surface area contributed by atoms with E-state index in [1.54, 1.807) is 52.0 Å². The smallest absolute Gasteiger partial charge is 0.345 e. The fourth-order valence-electron chi connectivity index (χ4n) is 2.87. The summed E-state index contributed by atoms with van der Waals surface area (Å²) < 4.78 is 76.3. The molecule has 0 radical (unpaired) electrons. The Morgan fingerprint density at radius 1 is 0.906 bits per heavy atom. The fourth-order valence-corrected chi connectivity index (χ4v) is 3.84. The highest BCUT2D eigenvalue weighted by molar-refractivity contribution is 7.99. The standard InChI is InChI=1S/C22H19F5N2O2S/c1-10-8-6-7-9-12(10)21(30)31-20-18(11(2)28-29(20)22(3,4)5)32-19-16(26)14(24)13(23)15(25)17(19)27/h6-9H,1-5H3. The van der Waals surface area contributed by atoms with Crippen molar-refractivity contribution in [3.05, 3.63) is 70.2 Å². The Morgan fingerprint density at radius 2 is 1.44 bits per heavy atom. The molecule has 0 aliphatic carbocycles. The lowest BCUT2D eigenvalue weighted by Crippen LogP contribution is -2.25. The fraction of sp³-hybridized carbons (Fsp3) is 0.273. The molecule has 0 unspecified atom stereocenters. The number of carbonyl (C=O) groups excluding carboxylic acids is 1. The van der Waals surface area contributed by atoms with Crippen LogP contribution in [-0.4, -0.2) is 15.7 Å². The number of halogens is 5. The van der Waals surface area contributed by atoms with Crippen LogP contribution in [0.4, 0.5) is 22.0 Å². The average Bonchev–Trinajstić information content (AvgIpc) is 3.04. The van der Waals surface area contributed by atoms with Crippen molar-refractivity contribution in [3.8, 4) is 5.88 Å². The van der Waals surface area contributed by atoms with Crippen LogP contribution in [0.3, 0.4) is 0 Å². The molecule has 0 aliphatic rings. The zero-order valence-corrected chi connectivity index (χ0v) is 18.6. The van der Waals surface area contributed by atoms with Gasteiger partial charge in [-0.05, 0) is 46.2 Å². The summed E-state index contributed by atoms with van der Waals surface area (Å²) in [4.78, 5) is 11.7. The van der Waals surface area contributed by atoms with Crippen molar-refractivity contribution in [1.82, 2.24) is 9.78 Å². The summed E-state index contributed by atoms with van der Waals surface area (Å²) in [6, 6.07) is 6.62. The molecule has 0 amide bonds.